The Morgan fingerprint density at radius 1 is 0.667 bits per heavy atom. The third-order valence-corrected chi connectivity index (χ3v) is 8.56. The highest BCUT2D eigenvalue weighted by Gasteiger charge is 2.21. The number of para-hydroxylation sites is 1. The fourth-order valence-electron chi connectivity index (χ4n) is 5.94. The van der Waals surface area contributed by atoms with E-state index >= 15 is 0 Å². The van der Waals surface area contributed by atoms with Crippen LogP contribution in [0.2, 0.25) is 0 Å². The molecule has 0 N–H and O–H groups in total. The summed E-state index contributed by atoms with van der Waals surface area (Å²) in [4.78, 5) is 10.1. The maximum Gasteiger partial charge on any atom is 0.229 e. The summed E-state index contributed by atoms with van der Waals surface area (Å²) in [6, 6.07) is 42.6. The second-order valence-corrected chi connectivity index (χ2v) is 12.9. The molecule has 0 fully saturated rings. The quantitative estimate of drug-likeness (QED) is 0.189. The van der Waals surface area contributed by atoms with Gasteiger partial charge in [0.25, 0.3) is 0 Å². The minimum Gasteiger partial charge on any atom is -0.436 e. The Bertz CT molecular complexity index is 2210. The van der Waals surface area contributed by atoms with E-state index in [1.807, 2.05) is 30.5 Å². The summed E-state index contributed by atoms with van der Waals surface area (Å²) in [6.07, 6.45) is 1.93. The van der Waals surface area contributed by atoms with Crippen LogP contribution in [0.4, 0.5) is 5.69 Å². The number of aliphatic imine (C=N–C) groups is 1. The van der Waals surface area contributed by atoms with E-state index in [4.69, 9.17) is 14.4 Å². The topological polar surface area (TPSA) is 38.4 Å². The second kappa shape index (κ2) is 11.3. The number of hydrogen-bond acceptors (Lipinski definition) is 3. The molecule has 1 aromatic heterocycles. The lowest BCUT2D eigenvalue weighted by molar-refractivity contribution is 0.584. The molecule has 3 nitrogen and oxygen atoms in total. The van der Waals surface area contributed by atoms with Gasteiger partial charge in [-0.3, -0.25) is 4.99 Å². The monoisotopic (exact) mass is 584 g/mol. The zero-order valence-electron chi connectivity index (χ0n) is 26.4. The molecule has 220 valence electrons. The van der Waals surface area contributed by atoms with Gasteiger partial charge in [0, 0.05) is 17.3 Å². The first-order chi connectivity index (χ1) is 21.7. The highest BCUT2D eigenvalue weighted by molar-refractivity contribution is 6.01. The van der Waals surface area contributed by atoms with Crippen molar-refractivity contribution in [1.29, 1.82) is 0 Å². The highest BCUT2D eigenvalue weighted by Crippen LogP contribution is 2.39. The molecule has 0 aliphatic heterocycles. The summed E-state index contributed by atoms with van der Waals surface area (Å²) in [6.45, 7) is 11.0. The van der Waals surface area contributed by atoms with Crippen molar-refractivity contribution in [3.8, 4) is 33.7 Å². The fourth-order valence-corrected chi connectivity index (χ4v) is 5.94. The molecule has 7 rings (SSSR count). The van der Waals surface area contributed by atoms with Gasteiger partial charge in [-0.1, -0.05) is 123 Å². The van der Waals surface area contributed by atoms with Crippen molar-refractivity contribution < 1.29 is 4.42 Å². The average Bonchev–Trinajstić information content (AvgIpc) is 3.49. The van der Waals surface area contributed by atoms with Crippen molar-refractivity contribution in [2.45, 2.75) is 40.0 Å². The Morgan fingerprint density at radius 3 is 2.18 bits per heavy atom. The number of benzene rings is 6. The third-order valence-electron chi connectivity index (χ3n) is 8.56. The molecule has 0 spiro atoms. The molecule has 0 atom stereocenters. The molecule has 0 radical (unpaired) electrons. The SMILES string of the molecule is Cc1ccc(C)c(-c2ccc(-c3cc(C(C)(C)C)cc4oc(-c5ccccc5N=Cc5cccc6ccccc56)nc34)cc2)c1. The van der Waals surface area contributed by atoms with Gasteiger partial charge in [0.2, 0.25) is 5.89 Å². The van der Waals surface area contributed by atoms with Crippen LogP contribution in [0.25, 0.3) is 55.6 Å². The Kier molecular flexibility index (Phi) is 7.17. The molecule has 0 aliphatic carbocycles. The fraction of sp³-hybridized carbons (Fsp3) is 0.143. The van der Waals surface area contributed by atoms with Crippen molar-refractivity contribution >= 4 is 33.8 Å². The molecule has 45 heavy (non-hydrogen) atoms. The van der Waals surface area contributed by atoms with E-state index in [1.165, 1.54) is 38.6 Å². The average molecular weight is 585 g/mol. The molecule has 3 heteroatoms. The molecule has 6 aromatic carbocycles. The minimum atomic E-state index is -0.0603. The Hall–Kier alpha value is -5.28. The number of nitrogens with zero attached hydrogens (tertiary/aromatic N) is 2. The minimum absolute atomic E-state index is 0.0603. The van der Waals surface area contributed by atoms with Gasteiger partial charge >= 0.3 is 0 Å². The standard InChI is InChI=1S/C42H36N2O/c1-27-17-18-28(2)36(23-27)30-19-21-31(22-20-30)37-24-33(42(3,4)5)25-39-40(37)44-41(45-39)35-15-8-9-16-38(35)43-26-32-13-10-12-29-11-6-7-14-34(29)32/h6-26H,1-5H3. The summed E-state index contributed by atoms with van der Waals surface area (Å²) in [7, 11) is 0. The first-order valence-corrected chi connectivity index (χ1v) is 15.5. The number of aromatic nitrogens is 1. The molecule has 0 saturated carbocycles. The number of oxazole rings is 1. The summed E-state index contributed by atoms with van der Waals surface area (Å²) in [5.74, 6) is 0.565. The first kappa shape index (κ1) is 28.5. The number of hydrogen-bond donors (Lipinski definition) is 0. The zero-order valence-corrected chi connectivity index (χ0v) is 26.4. The van der Waals surface area contributed by atoms with Crippen molar-refractivity contribution in [3.05, 3.63) is 144 Å². The first-order valence-electron chi connectivity index (χ1n) is 15.5. The van der Waals surface area contributed by atoms with Gasteiger partial charge in [-0.2, -0.15) is 0 Å². The van der Waals surface area contributed by atoms with Gasteiger partial charge < -0.3 is 4.42 Å². The van der Waals surface area contributed by atoms with E-state index in [9.17, 15) is 0 Å². The number of fused-ring (bicyclic) bond motifs is 2. The van der Waals surface area contributed by atoms with Crippen LogP contribution in [0.15, 0.2) is 131 Å². The van der Waals surface area contributed by atoms with Crippen LogP contribution in [0.5, 0.6) is 0 Å². The van der Waals surface area contributed by atoms with Crippen LogP contribution in [0.3, 0.4) is 0 Å². The largest absolute Gasteiger partial charge is 0.436 e. The summed E-state index contributed by atoms with van der Waals surface area (Å²) in [5, 5.41) is 2.36. The van der Waals surface area contributed by atoms with E-state index in [2.05, 4.69) is 132 Å². The van der Waals surface area contributed by atoms with E-state index in [1.54, 1.807) is 0 Å². The second-order valence-electron chi connectivity index (χ2n) is 12.9. The lowest BCUT2D eigenvalue weighted by Gasteiger charge is -2.20. The highest BCUT2D eigenvalue weighted by atomic mass is 16.3. The van der Waals surface area contributed by atoms with E-state index in [-0.39, 0.29) is 5.41 Å². The molecule has 0 unspecified atom stereocenters. The van der Waals surface area contributed by atoms with Crippen LogP contribution >= 0.6 is 0 Å². The predicted molar refractivity (Wildman–Crippen MR) is 190 cm³/mol. The Labute approximate surface area is 264 Å². The van der Waals surface area contributed by atoms with Crippen molar-refractivity contribution in [3.63, 3.8) is 0 Å². The molecule has 7 aromatic rings. The van der Waals surface area contributed by atoms with Crippen molar-refractivity contribution in [1.82, 2.24) is 4.98 Å². The Morgan fingerprint density at radius 2 is 1.38 bits per heavy atom. The van der Waals surface area contributed by atoms with Gasteiger partial charge in [-0.25, -0.2) is 4.98 Å². The van der Waals surface area contributed by atoms with E-state index in [0.29, 0.717) is 5.89 Å². The predicted octanol–water partition coefficient (Wildman–Crippen LogP) is 11.6. The van der Waals surface area contributed by atoms with Gasteiger partial charge in [-0.05, 0) is 82.1 Å². The number of aryl methyl sites for hydroxylation is 2. The molecule has 0 aliphatic rings. The normalized spacial score (nSPS) is 12.0. The van der Waals surface area contributed by atoms with Crippen LogP contribution < -0.4 is 0 Å². The maximum atomic E-state index is 6.55. The van der Waals surface area contributed by atoms with Crippen LogP contribution in [-0.4, -0.2) is 11.2 Å². The Balaban J connectivity index is 1.32. The van der Waals surface area contributed by atoms with Crippen LogP contribution in [0, 0.1) is 13.8 Å². The summed E-state index contributed by atoms with van der Waals surface area (Å²) in [5.41, 5.74) is 12.7. The maximum absolute atomic E-state index is 6.55. The molecule has 0 saturated heterocycles. The van der Waals surface area contributed by atoms with E-state index in [0.717, 1.165) is 39.0 Å². The van der Waals surface area contributed by atoms with E-state index < -0.39 is 0 Å². The lowest BCUT2D eigenvalue weighted by atomic mass is 9.85. The van der Waals surface area contributed by atoms with Crippen molar-refractivity contribution in [2.75, 3.05) is 0 Å². The van der Waals surface area contributed by atoms with Crippen molar-refractivity contribution in [2.24, 2.45) is 4.99 Å². The zero-order chi connectivity index (χ0) is 31.1. The third kappa shape index (κ3) is 5.58. The summed E-state index contributed by atoms with van der Waals surface area (Å²) < 4.78 is 6.55. The lowest BCUT2D eigenvalue weighted by Crippen LogP contribution is -2.11. The van der Waals surface area contributed by atoms with Gasteiger partial charge in [0.05, 0.1) is 11.3 Å². The number of rotatable bonds is 5. The molecule has 1 heterocycles. The van der Waals surface area contributed by atoms with Gasteiger partial charge in [0.15, 0.2) is 5.58 Å². The molecule has 0 bridgehead atoms. The van der Waals surface area contributed by atoms with Crippen LogP contribution in [0.1, 0.15) is 43.0 Å². The molecular formula is C42H36N2O. The molecular weight excluding hydrogens is 548 g/mol. The van der Waals surface area contributed by atoms with Crippen LogP contribution in [-0.2, 0) is 5.41 Å². The van der Waals surface area contributed by atoms with Gasteiger partial charge in [0.1, 0.15) is 5.52 Å². The van der Waals surface area contributed by atoms with Gasteiger partial charge in [-0.15, -0.1) is 0 Å². The summed E-state index contributed by atoms with van der Waals surface area (Å²) >= 11 is 0. The molecule has 0 amide bonds. The smallest absolute Gasteiger partial charge is 0.229 e.